The van der Waals surface area contributed by atoms with Crippen molar-refractivity contribution in [3.05, 3.63) is 0 Å². The standard InChI is InChI=1S/C10H21O2PS/c1-9(2,3)13(12,8(11)14-7)10(4,5)6/h1-7H3. The van der Waals surface area contributed by atoms with Crippen LogP contribution in [0.25, 0.3) is 0 Å². The van der Waals surface area contributed by atoms with Gasteiger partial charge in [0.15, 0.2) is 7.14 Å². The maximum absolute atomic E-state index is 12.8. The van der Waals surface area contributed by atoms with Gasteiger partial charge in [-0.1, -0.05) is 53.3 Å². The van der Waals surface area contributed by atoms with Gasteiger partial charge in [0.25, 0.3) is 0 Å². The highest BCUT2D eigenvalue weighted by atomic mass is 32.2. The molecule has 0 unspecified atom stereocenters. The van der Waals surface area contributed by atoms with E-state index in [1.807, 2.05) is 41.5 Å². The van der Waals surface area contributed by atoms with Crippen molar-refractivity contribution >= 4 is 23.8 Å². The van der Waals surface area contributed by atoms with Crippen LogP contribution in [0.2, 0.25) is 0 Å². The van der Waals surface area contributed by atoms with Crippen molar-refractivity contribution < 1.29 is 9.36 Å². The highest BCUT2D eigenvalue weighted by Crippen LogP contribution is 2.69. The van der Waals surface area contributed by atoms with Crippen LogP contribution in [0.4, 0.5) is 4.79 Å². The molecule has 0 bridgehead atoms. The van der Waals surface area contributed by atoms with Gasteiger partial charge in [0, 0.05) is 10.3 Å². The fourth-order valence-electron chi connectivity index (χ4n) is 1.68. The van der Waals surface area contributed by atoms with Crippen LogP contribution in [-0.4, -0.2) is 21.4 Å². The second-order valence-electron chi connectivity index (χ2n) is 5.42. The van der Waals surface area contributed by atoms with Crippen molar-refractivity contribution in [2.24, 2.45) is 0 Å². The minimum Gasteiger partial charge on any atom is -0.313 e. The molecule has 0 aliphatic heterocycles. The van der Waals surface area contributed by atoms with Gasteiger partial charge in [-0.05, 0) is 6.26 Å². The lowest BCUT2D eigenvalue weighted by atomic mass is 10.2. The molecule has 0 aromatic rings. The quantitative estimate of drug-likeness (QED) is 0.631. The largest absolute Gasteiger partial charge is 0.313 e. The maximum atomic E-state index is 12.8. The molecule has 0 rings (SSSR count). The first-order valence-corrected chi connectivity index (χ1v) is 7.60. The number of carbonyl (C=O) groups is 1. The van der Waals surface area contributed by atoms with Gasteiger partial charge in [0.1, 0.15) is 0 Å². The Morgan fingerprint density at radius 2 is 1.29 bits per heavy atom. The SMILES string of the molecule is CSC(=O)P(=O)(C(C)(C)C)C(C)(C)C. The topological polar surface area (TPSA) is 34.1 Å². The summed E-state index contributed by atoms with van der Waals surface area (Å²) in [5, 5.41) is -0.906. The molecule has 0 radical (unpaired) electrons. The lowest BCUT2D eigenvalue weighted by Gasteiger charge is -2.38. The average Bonchev–Trinajstić information content (AvgIpc) is 1.97. The summed E-state index contributed by atoms with van der Waals surface area (Å²) in [5.41, 5.74) is 0. The van der Waals surface area contributed by atoms with Gasteiger partial charge in [-0.15, -0.1) is 0 Å². The van der Waals surface area contributed by atoms with E-state index in [9.17, 15) is 9.36 Å². The second kappa shape index (κ2) is 4.02. The van der Waals surface area contributed by atoms with E-state index in [-0.39, 0.29) is 4.86 Å². The number of carbonyl (C=O) groups excluding carboxylic acids is 1. The summed E-state index contributed by atoms with van der Waals surface area (Å²) in [7, 11) is -2.85. The van der Waals surface area contributed by atoms with E-state index >= 15 is 0 Å². The highest BCUT2D eigenvalue weighted by molar-refractivity contribution is 8.26. The minimum atomic E-state index is -2.85. The molecule has 0 aliphatic carbocycles. The Kier molecular flexibility index (Phi) is 4.09. The first-order valence-electron chi connectivity index (χ1n) is 4.67. The Balaban J connectivity index is 5.54. The molecule has 2 nitrogen and oxygen atoms in total. The van der Waals surface area contributed by atoms with Gasteiger partial charge < -0.3 is 4.57 Å². The zero-order chi connectivity index (χ0) is 11.8. The molecule has 0 fully saturated rings. The van der Waals surface area contributed by atoms with E-state index in [0.717, 1.165) is 11.8 Å². The molecule has 0 amide bonds. The fourth-order valence-corrected chi connectivity index (χ4v) is 7.46. The van der Waals surface area contributed by atoms with Crippen LogP contribution in [-0.2, 0) is 4.57 Å². The molecule has 0 aromatic carbocycles. The number of thioether (sulfide) groups is 1. The van der Waals surface area contributed by atoms with Crippen LogP contribution < -0.4 is 0 Å². The van der Waals surface area contributed by atoms with Crippen molar-refractivity contribution in [1.29, 1.82) is 0 Å². The van der Waals surface area contributed by atoms with Crippen molar-refractivity contribution in [3.63, 3.8) is 0 Å². The van der Waals surface area contributed by atoms with Gasteiger partial charge in [-0.25, -0.2) is 0 Å². The third-order valence-electron chi connectivity index (χ3n) is 2.32. The van der Waals surface area contributed by atoms with Gasteiger partial charge >= 0.3 is 0 Å². The van der Waals surface area contributed by atoms with Crippen LogP contribution in [0.3, 0.4) is 0 Å². The van der Waals surface area contributed by atoms with Crippen molar-refractivity contribution in [3.8, 4) is 0 Å². The summed E-state index contributed by atoms with van der Waals surface area (Å²) < 4.78 is 12.8. The van der Waals surface area contributed by atoms with Crippen molar-refractivity contribution in [2.75, 3.05) is 6.26 Å². The third kappa shape index (κ3) is 2.25. The summed E-state index contributed by atoms with van der Waals surface area (Å²) in [6.45, 7) is 11.3. The Bertz CT molecular complexity index is 253. The molecule has 14 heavy (non-hydrogen) atoms. The zero-order valence-corrected chi connectivity index (χ0v) is 11.9. The van der Waals surface area contributed by atoms with Crippen molar-refractivity contribution in [1.82, 2.24) is 0 Å². The summed E-state index contributed by atoms with van der Waals surface area (Å²) >= 11 is 1.08. The first-order chi connectivity index (χ1) is 5.98. The van der Waals surface area contributed by atoms with E-state index in [2.05, 4.69) is 0 Å². The van der Waals surface area contributed by atoms with E-state index in [1.165, 1.54) is 0 Å². The molecule has 4 heteroatoms. The Morgan fingerprint density at radius 1 is 1.00 bits per heavy atom. The molecule has 0 heterocycles. The van der Waals surface area contributed by atoms with Gasteiger partial charge in [0.05, 0.1) is 0 Å². The zero-order valence-electron chi connectivity index (χ0n) is 10.2. The third-order valence-corrected chi connectivity index (χ3v) is 8.28. The van der Waals surface area contributed by atoms with Crippen LogP contribution >= 0.6 is 18.9 Å². The Labute approximate surface area is 91.6 Å². The molecule has 84 valence electrons. The van der Waals surface area contributed by atoms with Crippen LogP contribution in [0.15, 0.2) is 0 Å². The molecule has 0 aliphatic rings. The molecule has 0 aromatic heterocycles. The lowest BCUT2D eigenvalue weighted by molar-refractivity contribution is 0.273. The summed E-state index contributed by atoms with van der Waals surface area (Å²) in [5.74, 6) is 0. The number of rotatable bonds is 1. The van der Waals surface area contributed by atoms with Gasteiger partial charge in [0.2, 0.25) is 4.86 Å². The minimum absolute atomic E-state index is 0.155. The second-order valence-corrected chi connectivity index (χ2v) is 10.8. The molecule has 0 spiro atoms. The molecular weight excluding hydrogens is 215 g/mol. The van der Waals surface area contributed by atoms with Crippen LogP contribution in [0.1, 0.15) is 41.5 Å². The Hall–Kier alpha value is 0.250. The van der Waals surface area contributed by atoms with Crippen LogP contribution in [0, 0.1) is 0 Å². The molecule has 0 saturated heterocycles. The number of hydrogen-bond donors (Lipinski definition) is 0. The first kappa shape index (κ1) is 14.2. The molecular formula is C10H21O2PS. The predicted molar refractivity (Wildman–Crippen MR) is 66.0 cm³/mol. The molecule has 0 N–H and O–H groups in total. The molecule has 0 saturated carbocycles. The Morgan fingerprint density at radius 3 is 1.36 bits per heavy atom. The average molecular weight is 236 g/mol. The summed E-state index contributed by atoms with van der Waals surface area (Å²) in [6.07, 6.45) is 1.70. The van der Waals surface area contributed by atoms with E-state index in [0.29, 0.717) is 0 Å². The fraction of sp³-hybridized carbons (Fsp3) is 0.900. The molecule has 0 atom stereocenters. The number of hydrogen-bond acceptors (Lipinski definition) is 3. The van der Waals surface area contributed by atoms with Gasteiger partial charge in [-0.2, -0.15) is 0 Å². The lowest BCUT2D eigenvalue weighted by Crippen LogP contribution is -2.31. The monoisotopic (exact) mass is 236 g/mol. The maximum Gasteiger partial charge on any atom is 0.247 e. The van der Waals surface area contributed by atoms with Gasteiger partial charge in [-0.3, -0.25) is 4.79 Å². The van der Waals surface area contributed by atoms with Crippen molar-refractivity contribution in [2.45, 2.75) is 51.9 Å². The smallest absolute Gasteiger partial charge is 0.247 e. The highest BCUT2D eigenvalue weighted by Gasteiger charge is 2.51. The normalized spacial score (nSPS) is 14.2. The predicted octanol–water partition coefficient (Wildman–Crippen LogP) is 4.43. The summed E-state index contributed by atoms with van der Waals surface area (Å²) in [6, 6.07) is 0. The van der Waals surface area contributed by atoms with E-state index < -0.39 is 17.5 Å². The van der Waals surface area contributed by atoms with E-state index in [4.69, 9.17) is 0 Å². The van der Waals surface area contributed by atoms with Crippen LogP contribution in [0.5, 0.6) is 0 Å². The van der Waals surface area contributed by atoms with E-state index in [1.54, 1.807) is 6.26 Å². The summed E-state index contributed by atoms with van der Waals surface area (Å²) in [4.78, 5) is 11.7.